The highest BCUT2D eigenvalue weighted by Gasteiger charge is 2.09. The smallest absolute Gasteiger partial charge is 0.283 e. The first-order chi connectivity index (χ1) is 6.02. The molecule has 13 heavy (non-hydrogen) atoms. The lowest BCUT2D eigenvalue weighted by Gasteiger charge is -2.01. The number of nitrogens with zero attached hydrogens (tertiary/aromatic N) is 2. The van der Waals surface area contributed by atoms with E-state index in [1.165, 1.54) is 6.20 Å². The second-order valence-corrected chi connectivity index (χ2v) is 2.63. The number of aryl methyl sites for hydroxylation is 1. The van der Waals surface area contributed by atoms with Crippen LogP contribution in [0.5, 0.6) is 0 Å². The highest BCUT2D eigenvalue weighted by Crippen LogP contribution is 2.12. The van der Waals surface area contributed by atoms with Crippen LogP contribution in [0.1, 0.15) is 5.69 Å². The molecular formula is C8H10FN3O. The highest BCUT2D eigenvalue weighted by atomic mass is 19.1. The Morgan fingerprint density at radius 3 is 2.77 bits per heavy atom. The van der Waals surface area contributed by atoms with Gasteiger partial charge in [-0.25, -0.2) is 4.39 Å². The third kappa shape index (κ3) is 1.93. The lowest BCUT2D eigenvalue weighted by molar-refractivity contribution is -0.114. The second kappa shape index (κ2) is 3.38. The molecule has 1 amide bonds. The van der Waals surface area contributed by atoms with Gasteiger partial charge in [-0.05, 0) is 6.92 Å². The van der Waals surface area contributed by atoms with Gasteiger partial charge in [0.2, 0.25) is 0 Å². The molecule has 0 aliphatic rings. The van der Waals surface area contributed by atoms with Gasteiger partial charge in [0, 0.05) is 7.05 Å². The maximum Gasteiger partial charge on any atom is 0.283 e. The molecule has 5 heteroatoms. The van der Waals surface area contributed by atoms with Gasteiger partial charge in [0.1, 0.15) is 0 Å². The maximum absolute atomic E-state index is 12.3. The summed E-state index contributed by atoms with van der Waals surface area (Å²) in [6, 6.07) is 0. The van der Waals surface area contributed by atoms with Crippen LogP contribution in [-0.4, -0.2) is 15.7 Å². The molecule has 0 atom stereocenters. The van der Waals surface area contributed by atoms with Crippen molar-refractivity contribution in [2.45, 2.75) is 6.92 Å². The van der Waals surface area contributed by atoms with Crippen LogP contribution < -0.4 is 5.32 Å². The average molecular weight is 183 g/mol. The van der Waals surface area contributed by atoms with E-state index in [4.69, 9.17) is 0 Å². The summed E-state index contributed by atoms with van der Waals surface area (Å²) in [5.74, 6) is -1.85. The fourth-order valence-corrected chi connectivity index (χ4v) is 0.812. The Labute approximate surface area is 75.1 Å². The van der Waals surface area contributed by atoms with Crippen molar-refractivity contribution in [1.82, 2.24) is 9.78 Å². The van der Waals surface area contributed by atoms with E-state index in [9.17, 15) is 9.18 Å². The molecule has 0 fully saturated rings. The molecule has 1 aromatic rings. The van der Waals surface area contributed by atoms with Crippen LogP contribution in [0.15, 0.2) is 18.6 Å². The van der Waals surface area contributed by atoms with E-state index in [2.05, 4.69) is 17.0 Å². The Kier molecular flexibility index (Phi) is 2.46. The van der Waals surface area contributed by atoms with Gasteiger partial charge in [-0.3, -0.25) is 9.48 Å². The minimum absolute atomic E-state index is 0.492. The van der Waals surface area contributed by atoms with Crippen LogP contribution in [0, 0.1) is 6.92 Å². The first-order valence-corrected chi connectivity index (χ1v) is 3.66. The summed E-state index contributed by atoms with van der Waals surface area (Å²) in [6.07, 6.45) is 1.45. The Balaban J connectivity index is 2.81. The predicted molar refractivity (Wildman–Crippen MR) is 46.8 cm³/mol. The van der Waals surface area contributed by atoms with Crippen LogP contribution in [0.25, 0.3) is 0 Å². The van der Waals surface area contributed by atoms with Crippen LogP contribution >= 0.6 is 0 Å². The van der Waals surface area contributed by atoms with E-state index in [0.29, 0.717) is 5.69 Å². The molecule has 1 heterocycles. The number of rotatable bonds is 2. The molecule has 0 saturated heterocycles. The fraction of sp³-hybridized carbons (Fsp3) is 0.250. The third-order valence-corrected chi connectivity index (χ3v) is 1.73. The molecule has 0 aromatic carbocycles. The topological polar surface area (TPSA) is 46.9 Å². The summed E-state index contributed by atoms with van der Waals surface area (Å²) < 4.78 is 13.9. The van der Waals surface area contributed by atoms with Gasteiger partial charge in [-0.15, -0.1) is 0 Å². The summed E-state index contributed by atoms with van der Waals surface area (Å²) in [4.78, 5) is 10.9. The molecule has 1 aromatic heterocycles. The van der Waals surface area contributed by atoms with Gasteiger partial charge < -0.3 is 5.32 Å². The zero-order valence-corrected chi connectivity index (χ0v) is 7.47. The van der Waals surface area contributed by atoms with Crippen molar-refractivity contribution in [3.05, 3.63) is 24.3 Å². The normalized spacial score (nSPS) is 9.77. The van der Waals surface area contributed by atoms with Crippen molar-refractivity contribution in [1.29, 1.82) is 0 Å². The second-order valence-electron chi connectivity index (χ2n) is 2.63. The number of aromatic nitrogens is 2. The summed E-state index contributed by atoms with van der Waals surface area (Å²) in [5, 5.41) is 6.21. The van der Waals surface area contributed by atoms with Crippen LogP contribution in [0.3, 0.4) is 0 Å². The molecule has 0 radical (unpaired) electrons. The minimum Gasteiger partial charge on any atom is -0.317 e. The maximum atomic E-state index is 12.3. The number of carbonyl (C=O) groups is 1. The van der Waals surface area contributed by atoms with Crippen molar-refractivity contribution in [2.75, 3.05) is 5.32 Å². The fourth-order valence-electron chi connectivity index (χ4n) is 0.812. The van der Waals surface area contributed by atoms with Gasteiger partial charge in [-0.2, -0.15) is 5.10 Å². The lowest BCUT2D eigenvalue weighted by Crippen LogP contribution is -2.11. The lowest BCUT2D eigenvalue weighted by atomic mass is 10.4. The zero-order chi connectivity index (χ0) is 10.0. The number of nitrogens with one attached hydrogen (secondary N) is 1. The molecule has 70 valence electrons. The molecule has 1 rings (SSSR count). The quantitative estimate of drug-likeness (QED) is 0.699. The van der Waals surface area contributed by atoms with Crippen molar-refractivity contribution in [2.24, 2.45) is 7.05 Å². The third-order valence-electron chi connectivity index (χ3n) is 1.73. The Hall–Kier alpha value is -1.65. The zero-order valence-electron chi connectivity index (χ0n) is 7.47. The monoisotopic (exact) mass is 183 g/mol. The van der Waals surface area contributed by atoms with Gasteiger partial charge in [0.25, 0.3) is 5.91 Å². The Morgan fingerprint density at radius 1 is 1.77 bits per heavy atom. The van der Waals surface area contributed by atoms with E-state index in [0.717, 1.165) is 5.69 Å². The average Bonchev–Trinajstić information content (AvgIpc) is 2.36. The van der Waals surface area contributed by atoms with E-state index in [1.54, 1.807) is 18.7 Å². The number of hydrogen-bond donors (Lipinski definition) is 1. The van der Waals surface area contributed by atoms with Crippen LogP contribution in [-0.2, 0) is 11.8 Å². The largest absolute Gasteiger partial charge is 0.317 e. The summed E-state index contributed by atoms with van der Waals surface area (Å²) in [5.41, 5.74) is 1.25. The number of hydrogen-bond acceptors (Lipinski definition) is 2. The Bertz CT molecular complexity index is 356. The van der Waals surface area contributed by atoms with Crippen LogP contribution in [0.2, 0.25) is 0 Å². The molecule has 0 spiro atoms. The molecule has 0 bridgehead atoms. The van der Waals surface area contributed by atoms with Crippen molar-refractivity contribution >= 4 is 11.6 Å². The number of anilines is 1. The summed E-state index contributed by atoms with van der Waals surface area (Å²) in [6.45, 7) is 4.65. The van der Waals surface area contributed by atoms with Crippen molar-refractivity contribution < 1.29 is 9.18 Å². The molecule has 0 unspecified atom stereocenters. The standard InChI is InChI=1S/C8H10FN3O/c1-5(9)8(13)11-7-4-10-12(3)6(7)2/h4H,1H2,2-3H3,(H,11,13). The van der Waals surface area contributed by atoms with Gasteiger partial charge in [0.15, 0.2) is 5.83 Å². The molecule has 0 aliphatic carbocycles. The number of amides is 1. The van der Waals surface area contributed by atoms with Gasteiger partial charge in [-0.1, -0.05) is 6.58 Å². The summed E-state index contributed by atoms with van der Waals surface area (Å²) >= 11 is 0. The van der Waals surface area contributed by atoms with E-state index in [1.807, 2.05) is 0 Å². The van der Waals surface area contributed by atoms with E-state index >= 15 is 0 Å². The summed E-state index contributed by atoms with van der Waals surface area (Å²) in [7, 11) is 1.73. The number of halogens is 1. The van der Waals surface area contributed by atoms with Gasteiger partial charge >= 0.3 is 0 Å². The van der Waals surface area contributed by atoms with E-state index < -0.39 is 11.7 Å². The molecule has 4 nitrogen and oxygen atoms in total. The number of carbonyl (C=O) groups excluding carboxylic acids is 1. The molecule has 1 N–H and O–H groups in total. The van der Waals surface area contributed by atoms with Crippen LogP contribution in [0.4, 0.5) is 10.1 Å². The molecule has 0 saturated carbocycles. The highest BCUT2D eigenvalue weighted by molar-refractivity contribution is 6.01. The van der Waals surface area contributed by atoms with Gasteiger partial charge in [0.05, 0.1) is 17.6 Å². The molecular weight excluding hydrogens is 173 g/mol. The molecule has 0 aliphatic heterocycles. The first-order valence-electron chi connectivity index (χ1n) is 3.66. The van der Waals surface area contributed by atoms with E-state index in [-0.39, 0.29) is 0 Å². The Morgan fingerprint density at radius 2 is 2.38 bits per heavy atom. The SMILES string of the molecule is C=C(F)C(=O)Nc1cnn(C)c1C. The van der Waals surface area contributed by atoms with Crippen molar-refractivity contribution in [3.8, 4) is 0 Å². The van der Waals surface area contributed by atoms with Crippen molar-refractivity contribution in [3.63, 3.8) is 0 Å². The predicted octanol–water partition coefficient (Wildman–Crippen LogP) is 1.15. The first kappa shape index (κ1) is 9.44. The minimum atomic E-state index is -1.01.